The monoisotopic (exact) mass is 309 g/mol. The van der Waals surface area contributed by atoms with E-state index >= 15 is 0 Å². The van der Waals surface area contributed by atoms with E-state index in [0.29, 0.717) is 11.3 Å². The number of anilines is 1. The molecule has 1 aromatic heterocycles. The molecule has 23 heavy (non-hydrogen) atoms. The number of benzene rings is 2. The van der Waals surface area contributed by atoms with Gasteiger partial charge in [-0.3, -0.25) is 4.79 Å². The first-order valence-electron chi connectivity index (χ1n) is 7.06. The summed E-state index contributed by atoms with van der Waals surface area (Å²) < 4.78 is 4.66. The highest BCUT2D eigenvalue weighted by atomic mass is 16.5. The van der Waals surface area contributed by atoms with Crippen LogP contribution in [-0.2, 0) is 16.0 Å². The molecule has 116 valence electrons. The number of imidazole rings is 1. The van der Waals surface area contributed by atoms with Crippen LogP contribution >= 0.6 is 0 Å². The van der Waals surface area contributed by atoms with Crippen molar-refractivity contribution < 1.29 is 14.3 Å². The lowest BCUT2D eigenvalue weighted by Crippen LogP contribution is -2.14. The zero-order valence-electron chi connectivity index (χ0n) is 12.5. The van der Waals surface area contributed by atoms with Gasteiger partial charge in [-0.2, -0.15) is 0 Å². The van der Waals surface area contributed by atoms with Crippen molar-refractivity contribution in [3.8, 4) is 0 Å². The summed E-state index contributed by atoms with van der Waals surface area (Å²) in [6.45, 7) is 0. The average Bonchev–Trinajstić information content (AvgIpc) is 3.02. The van der Waals surface area contributed by atoms with Crippen LogP contribution in [0.3, 0.4) is 0 Å². The van der Waals surface area contributed by atoms with Crippen molar-refractivity contribution in [2.45, 2.75) is 6.42 Å². The number of H-pyrrole nitrogens is 1. The summed E-state index contributed by atoms with van der Waals surface area (Å²) in [7, 11) is 1.32. The van der Waals surface area contributed by atoms with Gasteiger partial charge >= 0.3 is 5.97 Å². The normalized spacial score (nSPS) is 10.5. The third-order valence-corrected chi connectivity index (χ3v) is 3.42. The minimum atomic E-state index is -0.439. The van der Waals surface area contributed by atoms with E-state index in [1.165, 1.54) is 7.11 Å². The number of esters is 1. The Balaban J connectivity index is 1.70. The fraction of sp³-hybridized carbons (Fsp3) is 0.118. The molecule has 0 saturated heterocycles. The van der Waals surface area contributed by atoms with Crippen molar-refractivity contribution in [1.82, 2.24) is 9.97 Å². The third-order valence-electron chi connectivity index (χ3n) is 3.42. The minimum absolute atomic E-state index is 0.161. The molecule has 0 aliphatic rings. The van der Waals surface area contributed by atoms with Gasteiger partial charge in [-0.15, -0.1) is 0 Å². The van der Waals surface area contributed by atoms with E-state index in [2.05, 4.69) is 20.0 Å². The Morgan fingerprint density at radius 3 is 2.91 bits per heavy atom. The smallest absolute Gasteiger partial charge is 0.337 e. The van der Waals surface area contributed by atoms with Gasteiger partial charge in [0.2, 0.25) is 5.91 Å². The van der Waals surface area contributed by atoms with Gasteiger partial charge in [0.1, 0.15) is 0 Å². The van der Waals surface area contributed by atoms with Gasteiger partial charge in [0.15, 0.2) is 0 Å². The molecule has 0 spiro atoms. The summed E-state index contributed by atoms with van der Waals surface area (Å²) in [6.07, 6.45) is 1.85. The topological polar surface area (TPSA) is 84.1 Å². The molecular formula is C17H15N3O3. The second-order valence-corrected chi connectivity index (χ2v) is 5.05. The number of nitrogens with zero attached hydrogens (tertiary/aromatic N) is 1. The van der Waals surface area contributed by atoms with Gasteiger partial charge in [-0.05, 0) is 35.9 Å². The van der Waals surface area contributed by atoms with Crippen molar-refractivity contribution >= 4 is 28.6 Å². The number of aromatic amines is 1. The van der Waals surface area contributed by atoms with E-state index in [4.69, 9.17) is 0 Å². The molecule has 1 heterocycles. The van der Waals surface area contributed by atoms with Crippen LogP contribution in [0.4, 0.5) is 5.69 Å². The Bertz CT molecular complexity index is 870. The standard InChI is InChI=1S/C17H15N3O3/c1-23-17(22)12-3-2-4-13(9-12)20-16(21)8-11-5-6-14-15(7-11)19-10-18-14/h2-7,9-10H,8H2,1H3,(H,18,19)(H,20,21). The molecule has 0 bridgehead atoms. The van der Waals surface area contributed by atoms with Crippen molar-refractivity contribution in [3.63, 3.8) is 0 Å². The van der Waals surface area contributed by atoms with Crippen molar-refractivity contribution in [2.75, 3.05) is 12.4 Å². The van der Waals surface area contributed by atoms with Crippen molar-refractivity contribution in [3.05, 3.63) is 59.9 Å². The maximum Gasteiger partial charge on any atom is 0.337 e. The van der Waals surface area contributed by atoms with E-state index in [1.54, 1.807) is 30.6 Å². The predicted molar refractivity (Wildman–Crippen MR) is 86.2 cm³/mol. The van der Waals surface area contributed by atoms with Gasteiger partial charge in [0.05, 0.1) is 36.5 Å². The highest BCUT2D eigenvalue weighted by Gasteiger charge is 2.09. The molecule has 0 radical (unpaired) electrons. The number of methoxy groups -OCH3 is 1. The first-order valence-corrected chi connectivity index (χ1v) is 7.06. The Morgan fingerprint density at radius 2 is 2.09 bits per heavy atom. The fourth-order valence-corrected chi connectivity index (χ4v) is 2.33. The van der Waals surface area contributed by atoms with E-state index in [9.17, 15) is 9.59 Å². The summed E-state index contributed by atoms with van der Waals surface area (Å²) in [5.41, 5.74) is 3.58. The van der Waals surface area contributed by atoms with E-state index in [-0.39, 0.29) is 12.3 Å². The molecule has 0 saturated carbocycles. The number of rotatable bonds is 4. The zero-order valence-corrected chi connectivity index (χ0v) is 12.5. The third kappa shape index (κ3) is 3.37. The molecule has 3 aromatic rings. The first kappa shape index (κ1) is 14.8. The molecule has 6 nitrogen and oxygen atoms in total. The molecular weight excluding hydrogens is 294 g/mol. The van der Waals surface area contributed by atoms with Crippen molar-refractivity contribution in [1.29, 1.82) is 0 Å². The van der Waals surface area contributed by atoms with Crippen LogP contribution in [0.15, 0.2) is 48.8 Å². The molecule has 6 heteroatoms. The van der Waals surface area contributed by atoms with Crippen LogP contribution in [0.5, 0.6) is 0 Å². The van der Waals surface area contributed by atoms with Crippen LogP contribution in [0, 0.1) is 0 Å². The SMILES string of the molecule is COC(=O)c1cccc(NC(=O)Cc2ccc3nc[nH]c3c2)c1. The highest BCUT2D eigenvalue weighted by Crippen LogP contribution is 2.14. The number of aromatic nitrogens is 2. The summed E-state index contributed by atoms with van der Waals surface area (Å²) >= 11 is 0. The number of nitrogens with one attached hydrogen (secondary N) is 2. The van der Waals surface area contributed by atoms with E-state index in [1.807, 2.05) is 18.2 Å². The number of amides is 1. The number of carbonyl (C=O) groups is 2. The Morgan fingerprint density at radius 1 is 1.22 bits per heavy atom. The molecule has 1 amide bonds. The van der Waals surface area contributed by atoms with Crippen LogP contribution in [0.25, 0.3) is 11.0 Å². The number of hydrogen-bond acceptors (Lipinski definition) is 4. The average molecular weight is 309 g/mol. The molecule has 0 aliphatic carbocycles. The summed E-state index contributed by atoms with van der Waals surface area (Å²) in [5.74, 6) is -0.600. The number of hydrogen-bond donors (Lipinski definition) is 2. The summed E-state index contributed by atoms with van der Waals surface area (Å²) in [4.78, 5) is 30.8. The number of fused-ring (bicyclic) bond motifs is 1. The molecule has 0 fully saturated rings. The van der Waals surface area contributed by atoms with Gasteiger partial charge in [-0.1, -0.05) is 12.1 Å². The Hall–Kier alpha value is -3.15. The molecule has 0 atom stereocenters. The molecule has 2 aromatic carbocycles. The Kier molecular flexibility index (Phi) is 4.05. The summed E-state index contributed by atoms with van der Waals surface area (Å²) in [6, 6.07) is 12.3. The predicted octanol–water partition coefficient (Wildman–Crippen LogP) is 2.53. The lowest BCUT2D eigenvalue weighted by molar-refractivity contribution is -0.115. The lowest BCUT2D eigenvalue weighted by Gasteiger charge is -2.07. The molecule has 0 aliphatic heterocycles. The van der Waals surface area contributed by atoms with Crippen LogP contribution < -0.4 is 5.32 Å². The van der Waals surface area contributed by atoms with Gasteiger partial charge in [-0.25, -0.2) is 9.78 Å². The van der Waals surface area contributed by atoms with Gasteiger partial charge in [0.25, 0.3) is 0 Å². The van der Waals surface area contributed by atoms with E-state index in [0.717, 1.165) is 16.6 Å². The van der Waals surface area contributed by atoms with Crippen LogP contribution in [-0.4, -0.2) is 29.0 Å². The molecule has 2 N–H and O–H groups in total. The molecule has 3 rings (SSSR count). The number of ether oxygens (including phenoxy) is 1. The fourth-order valence-electron chi connectivity index (χ4n) is 2.33. The van der Waals surface area contributed by atoms with Crippen LogP contribution in [0.1, 0.15) is 15.9 Å². The maximum absolute atomic E-state index is 12.2. The van der Waals surface area contributed by atoms with Crippen LogP contribution in [0.2, 0.25) is 0 Å². The second-order valence-electron chi connectivity index (χ2n) is 5.05. The second kappa shape index (κ2) is 6.31. The van der Waals surface area contributed by atoms with E-state index < -0.39 is 5.97 Å². The first-order chi connectivity index (χ1) is 11.2. The summed E-state index contributed by atoms with van der Waals surface area (Å²) in [5, 5.41) is 2.78. The number of carbonyl (C=O) groups excluding carboxylic acids is 2. The highest BCUT2D eigenvalue weighted by molar-refractivity contribution is 5.95. The Labute approximate surface area is 132 Å². The lowest BCUT2D eigenvalue weighted by atomic mass is 10.1. The van der Waals surface area contributed by atoms with Gasteiger partial charge in [0, 0.05) is 5.69 Å². The quantitative estimate of drug-likeness (QED) is 0.725. The minimum Gasteiger partial charge on any atom is -0.465 e. The largest absolute Gasteiger partial charge is 0.465 e. The zero-order chi connectivity index (χ0) is 16.2. The maximum atomic E-state index is 12.2. The van der Waals surface area contributed by atoms with Crippen molar-refractivity contribution in [2.24, 2.45) is 0 Å². The molecule has 0 unspecified atom stereocenters. The van der Waals surface area contributed by atoms with Gasteiger partial charge < -0.3 is 15.0 Å².